The van der Waals surface area contributed by atoms with E-state index < -0.39 is 0 Å². The van der Waals surface area contributed by atoms with E-state index in [2.05, 4.69) is 10.4 Å². The second kappa shape index (κ2) is 6.95. The first-order valence-electron chi connectivity index (χ1n) is 7.37. The van der Waals surface area contributed by atoms with Gasteiger partial charge in [0.25, 0.3) is 5.91 Å². The highest BCUT2D eigenvalue weighted by Gasteiger charge is 2.09. The van der Waals surface area contributed by atoms with Crippen LogP contribution in [0, 0.1) is 5.82 Å². The molecule has 1 heterocycles. The van der Waals surface area contributed by atoms with Gasteiger partial charge in [-0.3, -0.25) is 4.79 Å². The first-order valence-corrected chi connectivity index (χ1v) is 7.37. The van der Waals surface area contributed by atoms with Crippen molar-refractivity contribution in [1.82, 2.24) is 15.1 Å². The van der Waals surface area contributed by atoms with E-state index >= 15 is 0 Å². The second-order valence-corrected chi connectivity index (χ2v) is 5.18. The largest absolute Gasteiger partial charge is 0.497 e. The van der Waals surface area contributed by atoms with Crippen molar-refractivity contribution in [3.05, 3.63) is 77.9 Å². The SMILES string of the molecule is COc1cccc(CNC(=O)c2cnn(-c3ccc(F)cc3)c2)c1. The number of carbonyl (C=O) groups excluding carboxylic acids is 1. The standard InChI is InChI=1S/C18H16FN3O2/c1-24-17-4-2-3-13(9-17)10-20-18(23)14-11-21-22(12-14)16-7-5-15(19)6-8-16/h2-9,11-12H,10H2,1H3,(H,20,23). The summed E-state index contributed by atoms with van der Waals surface area (Å²) in [5.41, 5.74) is 2.05. The van der Waals surface area contributed by atoms with Gasteiger partial charge in [0.2, 0.25) is 0 Å². The molecular formula is C18H16FN3O2. The van der Waals surface area contributed by atoms with E-state index in [1.807, 2.05) is 24.3 Å². The number of nitrogens with one attached hydrogen (secondary N) is 1. The molecule has 0 atom stereocenters. The molecule has 6 heteroatoms. The summed E-state index contributed by atoms with van der Waals surface area (Å²) >= 11 is 0. The van der Waals surface area contributed by atoms with Gasteiger partial charge in [0.15, 0.2) is 0 Å². The first-order chi connectivity index (χ1) is 11.7. The van der Waals surface area contributed by atoms with Gasteiger partial charge in [-0.15, -0.1) is 0 Å². The van der Waals surface area contributed by atoms with Crippen LogP contribution in [-0.2, 0) is 6.54 Å². The number of nitrogens with zero attached hydrogens (tertiary/aromatic N) is 2. The van der Waals surface area contributed by atoms with Gasteiger partial charge in [-0.1, -0.05) is 12.1 Å². The molecule has 0 bridgehead atoms. The summed E-state index contributed by atoms with van der Waals surface area (Å²) in [6.07, 6.45) is 3.08. The Morgan fingerprint density at radius 3 is 2.79 bits per heavy atom. The number of hydrogen-bond donors (Lipinski definition) is 1. The van der Waals surface area contributed by atoms with E-state index in [-0.39, 0.29) is 11.7 Å². The van der Waals surface area contributed by atoms with Gasteiger partial charge in [-0.05, 0) is 42.0 Å². The number of methoxy groups -OCH3 is 1. The minimum Gasteiger partial charge on any atom is -0.497 e. The minimum atomic E-state index is -0.317. The number of benzene rings is 2. The highest BCUT2D eigenvalue weighted by molar-refractivity contribution is 5.93. The van der Waals surface area contributed by atoms with Crippen LogP contribution in [0.3, 0.4) is 0 Å². The molecule has 0 aliphatic heterocycles. The molecule has 2 aromatic carbocycles. The van der Waals surface area contributed by atoms with Crippen LogP contribution in [0.1, 0.15) is 15.9 Å². The Balaban J connectivity index is 1.66. The van der Waals surface area contributed by atoms with Crippen molar-refractivity contribution in [3.63, 3.8) is 0 Å². The maximum Gasteiger partial charge on any atom is 0.254 e. The number of hydrogen-bond acceptors (Lipinski definition) is 3. The third kappa shape index (κ3) is 3.60. The molecule has 0 saturated heterocycles. The Hall–Kier alpha value is -3.15. The molecular weight excluding hydrogens is 309 g/mol. The summed E-state index contributed by atoms with van der Waals surface area (Å²) in [5, 5.41) is 6.97. The molecule has 0 aliphatic rings. The van der Waals surface area contributed by atoms with Gasteiger partial charge in [0, 0.05) is 12.7 Å². The number of aromatic nitrogens is 2. The lowest BCUT2D eigenvalue weighted by Gasteiger charge is -2.06. The van der Waals surface area contributed by atoms with E-state index in [9.17, 15) is 9.18 Å². The zero-order chi connectivity index (χ0) is 16.9. The summed E-state index contributed by atoms with van der Waals surface area (Å²) < 4.78 is 19.6. The number of rotatable bonds is 5. The average molecular weight is 325 g/mol. The van der Waals surface area contributed by atoms with Crippen molar-refractivity contribution >= 4 is 5.91 Å². The normalized spacial score (nSPS) is 10.4. The number of amides is 1. The third-order valence-electron chi connectivity index (χ3n) is 3.52. The van der Waals surface area contributed by atoms with Crippen LogP contribution in [0.2, 0.25) is 0 Å². The Morgan fingerprint density at radius 2 is 2.04 bits per heavy atom. The van der Waals surface area contributed by atoms with E-state index in [4.69, 9.17) is 4.74 Å². The Morgan fingerprint density at radius 1 is 1.25 bits per heavy atom. The Labute approximate surface area is 138 Å². The van der Waals surface area contributed by atoms with Crippen LogP contribution < -0.4 is 10.1 Å². The topological polar surface area (TPSA) is 56.1 Å². The molecule has 0 fully saturated rings. The molecule has 3 rings (SSSR count). The van der Waals surface area contributed by atoms with Crippen LogP contribution in [0.5, 0.6) is 5.75 Å². The molecule has 24 heavy (non-hydrogen) atoms. The number of carbonyl (C=O) groups is 1. The summed E-state index contributed by atoms with van der Waals surface area (Å²) in [6, 6.07) is 13.4. The fraction of sp³-hybridized carbons (Fsp3) is 0.111. The molecule has 0 spiro atoms. The molecule has 0 saturated carbocycles. The molecule has 1 amide bonds. The summed E-state index contributed by atoms with van der Waals surface area (Å²) in [7, 11) is 1.60. The van der Waals surface area contributed by atoms with Gasteiger partial charge >= 0.3 is 0 Å². The molecule has 0 radical (unpaired) electrons. The fourth-order valence-electron chi connectivity index (χ4n) is 2.24. The van der Waals surface area contributed by atoms with E-state index in [1.165, 1.54) is 23.0 Å². The van der Waals surface area contributed by atoms with Gasteiger partial charge in [-0.25, -0.2) is 9.07 Å². The highest BCUT2D eigenvalue weighted by Crippen LogP contribution is 2.13. The van der Waals surface area contributed by atoms with Gasteiger partial charge in [0.1, 0.15) is 11.6 Å². The summed E-state index contributed by atoms with van der Waals surface area (Å²) in [5.74, 6) is 0.194. The molecule has 122 valence electrons. The highest BCUT2D eigenvalue weighted by atomic mass is 19.1. The Bertz CT molecular complexity index is 843. The van der Waals surface area contributed by atoms with E-state index in [0.29, 0.717) is 17.8 Å². The van der Waals surface area contributed by atoms with E-state index in [0.717, 1.165) is 11.3 Å². The van der Waals surface area contributed by atoms with Crippen molar-refractivity contribution in [2.45, 2.75) is 6.54 Å². The molecule has 5 nitrogen and oxygen atoms in total. The summed E-state index contributed by atoms with van der Waals surface area (Å²) in [6.45, 7) is 0.387. The zero-order valence-electron chi connectivity index (χ0n) is 13.1. The zero-order valence-corrected chi connectivity index (χ0v) is 13.1. The van der Waals surface area contributed by atoms with Crippen molar-refractivity contribution in [1.29, 1.82) is 0 Å². The molecule has 1 N–H and O–H groups in total. The van der Waals surface area contributed by atoms with Crippen molar-refractivity contribution in [2.75, 3.05) is 7.11 Å². The molecule has 1 aromatic heterocycles. The molecule has 0 aliphatic carbocycles. The Kier molecular flexibility index (Phi) is 4.56. The van der Waals surface area contributed by atoms with Crippen molar-refractivity contribution < 1.29 is 13.9 Å². The van der Waals surface area contributed by atoms with Crippen molar-refractivity contribution in [3.8, 4) is 11.4 Å². The maximum atomic E-state index is 12.9. The molecule has 3 aromatic rings. The molecule has 0 unspecified atom stereocenters. The van der Waals surface area contributed by atoms with Gasteiger partial charge in [0.05, 0.1) is 24.6 Å². The first kappa shape index (κ1) is 15.7. The second-order valence-electron chi connectivity index (χ2n) is 5.18. The van der Waals surface area contributed by atoms with Crippen LogP contribution in [0.4, 0.5) is 4.39 Å². The van der Waals surface area contributed by atoms with Crippen LogP contribution >= 0.6 is 0 Å². The fourth-order valence-corrected chi connectivity index (χ4v) is 2.24. The average Bonchev–Trinajstić information content (AvgIpc) is 3.10. The number of halogens is 1. The maximum absolute atomic E-state index is 12.9. The van der Waals surface area contributed by atoms with Gasteiger partial charge < -0.3 is 10.1 Å². The van der Waals surface area contributed by atoms with Crippen molar-refractivity contribution in [2.24, 2.45) is 0 Å². The lowest BCUT2D eigenvalue weighted by molar-refractivity contribution is 0.0951. The summed E-state index contributed by atoms with van der Waals surface area (Å²) in [4.78, 5) is 12.2. The van der Waals surface area contributed by atoms with E-state index in [1.54, 1.807) is 25.4 Å². The van der Waals surface area contributed by atoms with Crippen LogP contribution in [-0.4, -0.2) is 22.8 Å². The monoisotopic (exact) mass is 325 g/mol. The van der Waals surface area contributed by atoms with Gasteiger partial charge in [-0.2, -0.15) is 5.10 Å². The lowest BCUT2D eigenvalue weighted by atomic mass is 10.2. The quantitative estimate of drug-likeness (QED) is 0.785. The predicted octanol–water partition coefficient (Wildman–Crippen LogP) is 2.95. The number of ether oxygens (including phenoxy) is 1. The van der Waals surface area contributed by atoms with Crippen LogP contribution in [0.15, 0.2) is 60.9 Å². The predicted molar refractivity (Wildman–Crippen MR) is 87.7 cm³/mol. The minimum absolute atomic E-state index is 0.230. The lowest BCUT2D eigenvalue weighted by Crippen LogP contribution is -2.22. The third-order valence-corrected chi connectivity index (χ3v) is 3.52. The van der Waals surface area contributed by atoms with Crippen LogP contribution in [0.25, 0.3) is 5.69 Å². The smallest absolute Gasteiger partial charge is 0.254 e.